The van der Waals surface area contributed by atoms with Crippen LogP contribution in [-0.2, 0) is 0 Å². The van der Waals surface area contributed by atoms with Crippen molar-refractivity contribution in [1.29, 1.82) is 0 Å². The monoisotopic (exact) mass is 192 g/mol. The second-order valence-electron chi connectivity index (χ2n) is 4.50. The van der Waals surface area contributed by atoms with E-state index in [9.17, 15) is 0 Å². The molecule has 0 aromatic heterocycles. The molecule has 0 spiro atoms. The molecule has 0 radical (unpaired) electrons. The van der Waals surface area contributed by atoms with Crippen LogP contribution in [0.3, 0.4) is 0 Å². The summed E-state index contributed by atoms with van der Waals surface area (Å²) >= 11 is 0. The standard InChI is InChI=1S/C12H17P/c1-10-9-13(12(10,2)3)11-7-5-4-6-8-11/h4-8,10H,9H2,1-3H3/t10-,13?/m1/s1. The fourth-order valence-corrected chi connectivity index (χ4v) is 5.11. The van der Waals surface area contributed by atoms with E-state index in [0.717, 1.165) is 5.92 Å². The van der Waals surface area contributed by atoms with Gasteiger partial charge in [-0.3, -0.25) is 0 Å². The molecule has 1 aliphatic heterocycles. The molecule has 0 nitrogen and oxygen atoms in total. The van der Waals surface area contributed by atoms with Gasteiger partial charge in [0.25, 0.3) is 0 Å². The van der Waals surface area contributed by atoms with Gasteiger partial charge < -0.3 is 0 Å². The van der Waals surface area contributed by atoms with E-state index in [1.54, 1.807) is 5.30 Å². The Morgan fingerprint density at radius 1 is 1.23 bits per heavy atom. The highest BCUT2D eigenvalue weighted by Gasteiger charge is 2.45. The zero-order chi connectivity index (χ0) is 9.47. The quantitative estimate of drug-likeness (QED) is 0.599. The second kappa shape index (κ2) is 3.10. The Bertz CT molecular complexity index is 289. The highest BCUT2D eigenvalue weighted by Crippen LogP contribution is 2.63. The van der Waals surface area contributed by atoms with Crippen LogP contribution in [0, 0.1) is 5.92 Å². The first-order valence-electron chi connectivity index (χ1n) is 4.95. The van der Waals surface area contributed by atoms with Crippen molar-refractivity contribution in [2.24, 2.45) is 5.92 Å². The molecule has 1 aromatic rings. The molecule has 1 heteroatoms. The van der Waals surface area contributed by atoms with Gasteiger partial charge in [-0.1, -0.05) is 59.0 Å². The second-order valence-corrected chi connectivity index (χ2v) is 7.39. The molecule has 13 heavy (non-hydrogen) atoms. The fourth-order valence-electron chi connectivity index (χ4n) is 1.93. The normalized spacial score (nSPS) is 31.0. The lowest BCUT2D eigenvalue weighted by Gasteiger charge is -2.51. The maximum absolute atomic E-state index is 2.42. The third-order valence-corrected chi connectivity index (χ3v) is 7.09. The molecule has 2 rings (SSSR count). The molecule has 1 heterocycles. The molecule has 0 amide bonds. The van der Waals surface area contributed by atoms with Crippen LogP contribution < -0.4 is 5.30 Å². The van der Waals surface area contributed by atoms with E-state index in [1.165, 1.54) is 6.16 Å². The largest absolute Gasteiger partial charge is 0.0689 e. The summed E-state index contributed by atoms with van der Waals surface area (Å²) in [5.74, 6) is 0.902. The Kier molecular flexibility index (Phi) is 2.20. The van der Waals surface area contributed by atoms with E-state index < -0.39 is 0 Å². The Balaban J connectivity index is 2.22. The molecule has 1 aromatic carbocycles. The summed E-state index contributed by atoms with van der Waals surface area (Å²) in [5, 5.41) is 2.15. The topological polar surface area (TPSA) is 0 Å². The van der Waals surface area contributed by atoms with Crippen molar-refractivity contribution >= 4 is 13.2 Å². The van der Waals surface area contributed by atoms with Crippen LogP contribution in [0.25, 0.3) is 0 Å². The number of hydrogen-bond acceptors (Lipinski definition) is 0. The molecule has 1 fully saturated rings. The summed E-state index contributed by atoms with van der Waals surface area (Å²) in [5.41, 5.74) is 0. The van der Waals surface area contributed by atoms with Crippen LogP contribution in [0.5, 0.6) is 0 Å². The first kappa shape index (κ1) is 9.21. The molecule has 70 valence electrons. The maximum atomic E-state index is 2.42. The highest BCUT2D eigenvalue weighted by atomic mass is 31.1. The molecular weight excluding hydrogens is 175 g/mol. The molecule has 0 N–H and O–H groups in total. The first-order chi connectivity index (χ1) is 6.12. The van der Waals surface area contributed by atoms with Crippen LogP contribution >= 0.6 is 7.92 Å². The molecule has 1 unspecified atom stereocenters. The summed E-state index contributed by atoms with van der Waals surface area (Å²) in [4.78, 5) is 0. The van der Waals surface area contributed by atoms with Gasteiger partial charge in [0.1, 0.15) is 0 Å². The summed E-state index contributed by atoms with van der Waals surface area (Å²) in [7, 11) is 0.124. The minimum absolute atomic E-state index is 0.124. The molecule has 2 atom stereocenters. The van der Waals surface area contributed by atoms with Gasteiger partial charge in [-0.15, -0.1) is 0 Å². The minimum atomic E-state index is 0.124. The highest BCUT2D eigenvalue weighted by molar-refractivity contribution is 7.68. The number of hydrogen-bond donors (Lipinski definition) is 0. The van der Waals surface area contributed by atoms with Gasteiger partial charge in [0.2, 0.25) is 0 Å². The first-order valence-corrected chi connectivity index (χ1v) is 6.48. The predicted octanol–water partition coefficient (Wildman–Crippen LogP) is 3.22. The van der Waals surface area contributed by atoms with Crippen molar-refractivity contribution < 1.29 is 0 Å². The Morgan fingerprint density at radius 3 is 2.31 bits per heavy atom. The summed E-state index contributed by atoms with van der Waals surface area (Å²) in [6.07, 6.45) is 1.42. The van der Waals surface area contributed by atoms with Crippen molar-refractivity contribution in [2.45, 2.75) is 25.9 Å². The third-order valence-electron chi connectivity index (χ3n) is 3.43. The van der Waals surface area contributed by atoms with Crippen molar-refractivity contribution in [3.05, 3.63) is 30.3 Å². The number of benzene rings is 1. The smallest absolute Gasteiger partial charge is 0.00817 e. The van der Waals surface area contributed by atoms with Crippen molar-refractivity contribution in [2.75, 3.05) is 6.16 Å². The average Bonchev–Trinajstić information content (AvgIpc) is 2.15. The molecule has 1 saturated heterocycles. The van der Waals surface area contributed by atoms with E-state index in [-0.39, 0.29) is 7.92 Å². The zero-order valence-corrected chi connectivity index (χ0v) is 9.51. The van der Waals surface area contributed by atoms with Crippen LogP contribution in [0.1, 0.15) is 20.8 Å². The lowest BCUT2D eigenvalue weighted by molar-refractivity contribution is 0.453. The molecular formula is C12H17P. The van der Waals surface area contributed by atoms with Crippen molar-refractivity contribution in [3.8, 4) is 0 Å². The maximum Gasteiger partial charge on any atom is -0.00817 e. The van der Waals surface area contributed by atoms with Crippen LogP contribution in [-0.4, -0.2) is 11.3 Å². The van der Waals surface area contributed by atoms with Crippen LogP contribution in [0.4, 0.5) is 0 Å². The summed E-state index contributed by atoms with van der Waals surface area (Å²) < 4.78 is 0. The summed E-state index contributed by atoms with van der Waals surface area (Å²) in [6.45, 7) is 7.21. The van der Waals surface area contributed by atoms with Gasteiger partial charge in [-0.2, -0.15) is 0 Å². The van der Waals surface area contributed by atoms with Gasteiger partial charge in [-0.05, 0) is 22.5 Å². The van der Waals surface area contributed by atoms with E-state index in [2.05, 4.69) is 51.1 Å². The molecule has 0 bridgehead atoms. The average molecular weight is 192 g/mol. The number of rotatable bonds is 1. The Labute approximate surface area is 82.1 Å². The SMILES string of the molecule is C[C@@H]1CP(c2ccccc2)C1(C)C. The van der Waals surface area contributed by atoms with Crippen molar-refractivity contribution in [1.82, 2.24) is 0 Å². The molecule has 1 aliphatic rings. The van der Waals surface area contributed by atoms with E-state index in [4.69, 9.17) is 0 Å². The summed E-state index contributed by atoms with van der Waals surface area (Å²) in [6, 6.07) is 11.0. The molecule has 0 saturated carbocycles. The predicted molar refractivity (Wildman–Crippen MR) is 61.1 cm³/mol. The van der Waals surface area contributed by atoms with Crippen LogP contribution in [0.2, 0.25) is 0 Å². The van der Waals surface area contributed by atoms with Gasteiger partial charge in [0.15, 0.2) is 0 Å². The van der Waals surface area contributed by atoms with E-state index >= 15 is 0 Å². The van der Waals surface area contributed by atoms with Crippen LogP contribution in [0.15, 0.2) is 30.3 Å². The minimum Gasteiger partial charge on any atom is -0.0689 e. The lowest BCUT2D eigenvalue weighted by Crippen LogP contribution is -2.44. The third kappa shape index (κ3) is 1.42. The van der Waals surface area contributed by atoms with Crippen molar-refractivity contribution in [3.63, 3.8) is 0 Å². The lowest BCUT2D eigenvalue weighted by atomic mass is 9.97. The zero-order valence-electron chi connectivity index (χ0n) is 8.62. The van der Waals surface area contributed by atoms with E-state index in [1.807, 2.05) is 0 Å². The van der Waals surface area contributed by atoms with Gasteiger partial charge in [0.05, 0.1) is 0 Å². The van der Waals surface area contributed by atoms with Gasteiger partial charge >= 0.3 is 0 Å². The molecule has 0 aliphatic carbocycles. The fraction of sp³-hybridized carbons (Fsp3) is 0.500. The van der Waals surface area contributed by atoms with E-state index in [0.29, 0.717) is 5.16 Å². The van der Waals surface area contributed by atoms with Gasteiger partial charge in [0, 0.05) is 0 Å². The van der Waals surface area contributed by atoms with Gasteiger partial charge in [-0.25, -0.2) is 0 Å². The Morgan fingerprint density at radius 2 is 1.85 bits per heavy atom. The Hall–Kier alpha value is -0.350.